The predicted molar refractivity (Wildman–Crippen MR) is 60.3 cm³/mol. The van der Waals surface area contributed by atoms with Gasteiger partial charge in [0.05, 0.1) is 11.6 Å². The van der Waals surface area contributed by atoms with Crippen LogP contribution in [0.1, 0.15) is 35.9 Å². The molecule has 0 aliphatic heterocycles. The largest absolute Gasteiger partial charge is 0.459 e. The number of nitrogens with one attached hydrogen (secondary N) is 1. The average molecular weight is 230 g/mol. The average Bonchev–Trinajstić information content (AvgIpc) is 2.61. The molecule has 0 saturated carbocycles. The first-order chi connectivity index (χ1) is 7.15. The summed E-state index contributed by atoms with van der Waals surface area (Å²) in [5, 5.41) is 2.74. The van der Waals surface area contributed by atoms with E-state index in [1.54, 1.807) is 6.07 Å². The first kappa shape index (κ1) is 12.1. The Bertz CT molecular complexity index is 322. The lowest BCUT2D eigenvalue weighted by Crippen LogP contribution is -2.29. The Balaban J connectivity index is 2.40. The summed E-state index contributed by atoms with van der Waals surface area (Å²) < 4.78 is 5.06. The standard InChI is InChI=1S/C11H16ClNO2/c1-3-4-9(12)7-13-11(14)10-8(2)5-6-15-10/h5-6,9H,3-4,7H2,1-2H3,(H,13,14). The van der Waals surface area contributed by atoms with E-state index in [1.807, 2.05) is 6.92 Å². The van der Waals surface area contributed by atoms with Crippen molar-refractivity contribution in [1.29, 1.82) is 0 Å². The fourth-order valence-corrected chi connectivity index (χ4v) is 1.60. The molecule has 0 bridgehead atoms. The number of alkyl halides is 1. The summed E-state index contributed by atoms with van der Waals surface area (Å²) in [4.78, 5) is 11.6. The van der Waals surface area contributed by atoms with Gasteiger partial charge in [-0.2, -0.15) is 0 Å². The Morgan fingerprint density at radius 1 is 1.67 bits per heavy atom. The van der Waals surface area contributed by atoms with Crippen molar-refractivity contribution in [3.8, 4) is 0 Å². The molecule has 0 aliphatic rings. The Hall–Kier alpha value is -0.960. The molecule has 1 heterocycles. The number of halogens is 1. The van der Waals surface area contributed by atoms with Crippen molar-refractivity contribution in [2.24, 2.45) is 0 Å². The molecule has 1 N–H and O–H groups in total. The van der Waals surface area contributed by atoms with Crippen molar-refractivity contribution in [2.45, 2.75) is 32.1 Å². The summed E-state index contributed by atoms with van der Waals surface area (Å²) in [5.41, 5.74) is 0.842. The van der Waals surface area contributed by atoms with Gasteiger partial charge in [0.15, 0.2) is 5.76 Å². The zero-order valence-corrected chi connectivity index (χ0v) is 9.80. The van der Waals surface area contributed by atoms with Gasteiger partial charge in [-0.1, -0.05) is 13.3 Å². The van der Waals surface area contributed by atoms with Crippen LogP contribution in [0, 0.1) is 6.92 Å². The molecule has 3 nitrogen and oxygen atoms in total. The predicted octanol–water partition coefficient (Wildman–Crippen LogP) is 2.73. The summed E-state index contributed by atoms with van der Waals surface area (Å²) in [5.74, 6) is 0.176. The van der Waals surface area contributed by atoms with Crippen molar-refractivity contribution >= 4 is 17.5 Å². The SMILES string of the molecule is CCCC(Cl)CNC(=O)c1occc1C. The van der Waals surface area contributed by atoms with Crippen molar-refractivity contribution in [2.75, 3.05) is 6.54 Å². The summed E-state index contributed by atoms with van der Waals surface area (Å²) in [6.45, 7) is 4.38. The highest BCUT2D eigenvalue weighted by Gasteiger charge is 2.13. The molecule has 0 radical (unpaired) electrons. The van der Waals surface area contributed by atoms with E-state index >= 15 is 0 Å². The quantitative estimate of drug-likeness (QED) is 0.789. The number of hydrogen-bond acceptors (Lipinski definition) is 2. The van der Waals surface area contributed by atoms with Gasteiger partial charge in [0, 0.05) is 12.1 Å². The van der Waals surface area contributed by atoms with Crippen LogP contribution in [-0.2, 0) is 0 Å². The van der Waals surface area contributed by atoms with Gasteiger partial charge in [-0.05, 0) is 19.4 Å². The Kier molecular flexibility index (Phi) is 4.69. The Morgan fingerprint density at radius 3 is 2.93 bits per heavy atom. The zero-order valence-electron chi connectivity index (χ0n) is 9.05. The summed E-state index contributed by atoms with van der Waals surface area (Å²) in [7, 11) is 0. The van der Waals surface area contributed by atoms with E-state index in [9.17, 15) is 4.79 Å². The second kappa shape index (κ2) is 5.81. The van der Waals surface area contributed by atoms with Crippen LogP contribution in [-0.4, -0.2) is 17.8 Å². The first-order valence-electron chi connectivity index (χ1n) is 5.11. The Morgan fingerprint density at radius 2 is 2.40 bits per heavy atom. The van der Waals surface area contributed by atoms with Crippen molar-refractivity contribution in [3.63, 3.8) is 0 Å². The lowest BCUT2D eigenvalue weighted by atomic mass is 10.2. The number of amides is 1. The molecule has 84 valence electrons. The van der Waals surface area contributed by atoms with E-state index in [-0.39, 0.29) is 11.3 Å². The highest BCUT2D eigenvalue weighted by Crippen LogP contribution is 2.09. The topological polar surface area (TPSA) is 42.2 Å². The van der Waals surface area contributed by atoms with Crippen LogP contribution in [0.2, 0.25) is 0 Å². The van der Waals surface area contributed by atoms with Gasteiger partial charge >= 0.3 is 0 Å². The molecule has 0 spiro atoms. The third kappa shape index (κ3) is 3.59. The van der Waals surface area contributed by atoms with Crippen LogP contribution in [0.4, 0.5) is 0 Å². The molecule has 0 fully saturated rings. The van der Waals surface area contributed by atoms with E-state index in [1.165, 1.54) is 6.26 Å². The lowest BCUT2D eigenvalue weighted by molar-refractivity contribution is 0.0924. The van der Waals surface area contributed by atoms with Crippen LogP contribution >= 0.6 is 11.6 Å². The van der Waals surface area contributed by atoms with E-state index in [0.29, 0.717) is 12.3 Å². The summed E-state index contributed by atoms with van der Waals surface area (Å²) in [6.07, 6.45) is 3.43. The van der Waals surface area contributed by atoms with Crippen molar-refractivity contribution in [3.05, 3.63) is 23.7 Å². The molecule has 1 amide bonds. The maximum atomic E-state index is 11.6. The van der Waals surface area contributed by atoms with Gasteiger partial charge in [-0.15, -0.1) is 11.6 Å². The molecule has 1 atom stereocenters. The molecule has 1 aromatic heterocycles. The number of hydrogen-bond donors (Lipinski definition) is 1. The number of furan rings is 1. The monoisotopic (exact) mass is 229 g/mol. The fraction of sp³-hybridized carbons (Fsp3) is 0.545. The minimum absolute atomic E-state index is 0.00535. The van der Waals surface area contributed by atoms with E-state index in [4.69, 9.17) is 16.0 Å². The molecular weight excluding hydrogens is 214 g/mol. The first-order valence-corrected chi connectivity index (χ1v) is 5.55. The highest BCUT2D eigenvalue weighted by atomic mass is 35.5. The van der Waals surface area contributed by atoms with Crippen molar-refractivity contribution in [1.82, 2.24) is 5.32 Å². The van der Waals surface area contributed by atoms with Crippen LogP contribution < -0.4 is 5.32 Å². The summed E-state index contributed by atoms with van der Waals surface area (Å²) in [6, 6.07) is 1.76. The van der Waals surface area contributed by atoms with E-state index < -0.39 is 0 Å². The molecular formula is C11H16ClNO2. The van der Waals surface area contributed by atoms with Crippen LogP contribution in [0.15, 0.2) is 16.7 Å². The maximum absolute atomic E-state index is 11.6. The number of carbonyl (C=O) groups excluding carboxylic acids is 1. The second-order valence-electron chi connectivity index (χ2n) is 3.53. The second-order valence-corrected chi connectivity index (χ2v) is 4.15. The normalized spacial score (nSPS) is 12.5. The number of rotatable bonds is 5. The van der Waals surface area contributed by atoms with Crippen LogP contribution in [0.5, 0.6) is 0 Å². The fourth-order valence-electron chi connectivity index (χ4n) is 1.30. The number of carbonyl (C=O) groups is 1. The van der Waals surface area contributed by atoms with Gasteiger partial charge in [-0.3, -0.25) is 4.79 Å². The van der Waals surface area contributed by atoms with Gasteiger partial charge in [0.2, 0.25) is 0 Å². The Labute approximate surface area is 94.8 Å². The molecule has 1 aromatic rings. The van der Waals surface area contributed by atoms with Crippen LogP contribution in [0.25, 0.3) is 0 Å². The maximum Gasteiger partial charge on any atom is 0.287 e. The molecule has 0 aromatic carbocycles. The molecule has 0 saturated heterocycles. The van der Waals surface area contributed by atoms with Crippen molar-refractivity contribution < 1.29 is 9.21 Å². The van der Waals surface area contributed by atoms with Crippen LogP contribution in [0.3, 0.4) is 0 Å². The minimum atomic E-state index is -0.195. The molecule has 1 rings (SSSR count). The summed E-state index contributed by atoms with van der Waals surface area (Å²) >= 11 is 5.98. The number of aryl methyl sites for hydroxylation is 1. The van der Waals surface area contributed by atoms with Gasteiger partial charge in [-0.25, -0.2) is 0 Å². The molecule has 4 heteroatoms. The molecule has 15 heavy (non-hydrogen) atoms. The third-order valence-electron chi connectivity index (χ3n) is 2.15. The highest BCUT2D eigenvalue weighted by molar-refractivity contribution is 6.20. The van der Waals surface area contributed by atoms with Gasteiger partial charge in [0.25, 0.3) is 5.91 Å². The lowest BCUT2D eigenvalue weighted by Gasteiger charge is -2.08. The van der Waals surface area contributed by atoms with Gasteiger partial charge in [0.1, 0.15) is 0 Å². The van der Waals surface area contributed by atoms with E-state index in [2.05, 4.69) is 12.2 Å². The molecule has 1 unspecified atom stereocenters. The van der Waals surface area contributed by atoms with Gasteiger partial charge < -0.3 is 9.73 Å². The van der Waals surface area contributed by atoms with E-state index in [0.717, 1.165) is 18.4 Å². The zero-order chi connectivity index (χ0) is 11.3. The third-order valence-corrected chi connectivity index (χ3v) is 2.53. The smallest absolute Gasteiger partial charge is 0.287 e. The minimum Gasteiger partial charge on any atom is -0.459 e. The molecule has 0 aliphatic carbocycles.